The predicted octanol–water partition coefficient (Wildman–Crippen LogP) is 2.91. The third kappa shape index (κ3) is 4.01. The maximum atomic E-state index is 12.7. The van der Waals surface area contributed by atoms with E-state index in [2.05, 4.69) is 15.3 Å². The van der Waals surface area contributed by atoms with E-state index in [9.17, 15) is 9.59 Å². The van der Waals surface area contributed by atoms with Gasteiger partial charge in [-0.2, -0.15) is 0 Å². The molecule has 2 N–H and O–H groups in total. The summed E-state index contributed by atoms with van der Waals surface area (Å²) in [6.45, 7) is 3.77. The molecule has 0 fully saturated rings. The number of pyridine rings is 2. The Balaban J connectivity index is 1.96. The van der Waals surface area contributed by atoms with Crippen LogP contribution in [0.1, 0.15) is 38.8 Å². The van der Waals surface area contributed by atoms with Gasteiger partial charge in [0.15, 0.2) is 0 Å². The summed E-state index contributed by atoms with van der Waals surface area (Å²) in [4.78, 5) is 31.0. The van der Waals surface area contributed by atoms with Gasteiger partial charge in [-0.3, -0.25) is 14.6 Å². The quantitative estimate of drug-likeness (QED) is 0.771. The van der Waals surface area contributed by atoms with Crippen LogP contribution >= 0.6 is 0 Å². The third-order valence-corrected chi connectivity index (χ3v) is 3.97. The Morgan fingerprint density at radius 3 is 2.28 bits per heavy atom. The zero-order chi connectivity index (χ0) is 17.8. The fourth-order valence-corrected chi connectivity index (χ4v) is 2.70. The van der Waals surface area contributed by atoms with Crippen molar-refractivity contribution >= 4 is 5.91 Å². The summed E-state index contributed by atoms with van der Waals surface area (Å²) < 4.78 is 0. The Hall–Kier alpha value is -3.21. The van der Waals surface area contributed by atoms with Crippen molar-refractivity contribution in [1.29, 1.82) is 0 Å². The van der Waals surface area contributed by atoms with E-state index in [1.807, 2.05) is 43.3 Å². The standard InChI is InChI=1S/C20H19N3O2/c1-13-3-5-15(6-4-13)19(16-7-9-21-10-8-16)23-20(25)17-11-14(2)22-18(24)12-17/h3-12,19H,1-2H3,(H,22,24)(H,23,25)/t19-/m1/s1. The zero-order valence-corrected chi connectivity index (χ0v) is 14.1. The van der Waals surface area contributed by atoms with E-state index < -0.39 is 0 Å². The van der Waals surface area contributed by atoms with Gasteiger partial charge in [0.25, 0.3) is 5.91 Å². The molecule has 5 heteroatoms. The lowest BCUT2D eigenvalue weighted by molar-refractivity contribution is 0.0942. The average Bonchev–Trinajstić information content (AvgIpc) is 2.60. The number of carbonyl (C=O) groups is 1. The predicted molar refractivity (Wildman–Crippen MR) is 96.5 cm³/mol. The highest BCUT2D eigenvalue weighted by atomic mass is 16.2. The summed E-state index contributed by atoms with van der Waals surface area (Å²) in [5, 5.41) is 3.02. The van der Waals surface area contributed by atoms with E-state index in [0.717, 1.165) is 16.7 Å². The first kappa shape index (κ1) is 16.6. The Morgan fingerprint density at radius 1 is 1.00 bits per heavy atom. The van der Waals surface area contributed by atoms with Crippen molar-refractivity contribution in [2.45, 2.75) is 19.9 Å². The average molecular weight is 333 g/mol. The summed E-state index contributed by atoms with van der Waals surface area (Å²) in [6.07, 6.45) is 3.39. The number of nitrogens with one attached hydrogen (secondary N) is 2. The number of nitrogens with zero attached hydrogens (tertiary/aromatic N) is 1. The lowest BCUT2D eigenvalue weighted by Crippen LogP contribution is -2.30. The molecule has 0 saturated heterocycles. The molecule has 2 heterocycles. The van der Waals surface area contributed by atoms with Gasteiger partial charge in [-0.1, -0.05) is 29.8 Å². The number of benzene rings is 1. The van der Waals surface area contributed by atoms with Crippen molar-refractivity contribution in [1.82, 2.24) is 15.3 Å². The largest absolute Gasteiger partial charge is 0.341 e. The minimum atomic E-state index is -0.323. The summed E-state index contributed by atoms with van der Waals surface area (Å²) in [5.41, 5.74) is 3.73. The third-order valence-electron chi connectivity index (χ3n) is 3.97. The normalized spacial score (nSPS) is 11.8. The fourth-order valence-electron chi connectivity index (χ4n) is 2.70. The van der Waals surface area contributed by atoms with Gasteiger partial charge in [0.2, 0.25) is 5.56 Å². The highest BCUT2D eigenvalue weighted by Crippen LogP contribution is 2.22. The Labute approximate surface area is 145 Å². The van der Waals surface area contributed by atoms with Crippen LogP contribution in [-0.2, 0) is 0 Å². The second-order valence-electron chi connectivity index (χ2n) is 6.01. The maximum absolute atomic E-state index is 12.7. The lowest BCUT2D eigenvalue weighted by Gasteiger charge is -2.20. The molecule has 0 saturated carbocycles. The molecule has 3 aromatic rings. The molecule has 3 rings (SSSR count). The smallest absolute Gasteiger partial charge is 0.252 e. The highest BCUT2D eigenvalue weighted by Gasteiger charge is 2.18. The van der Waals surface area contributed by atoms with Crippen molar-refractivity contribution in [3.05, 3.63) is 99.2 Å². The molecule has 0 aliphatic carbocycles. The molecule has 1 atom stereocenters. The van der Waals surface area contributed by atoms with Gasteiger partial charge in [-0.05, 0) is 43.2 Å². The number of rotatable bonds is 4. The van der Waals surface area contributed by atoms with Gasteiger partial charge in [-0.15, -0.1) is 0 Å². The van der Waals surface area contributed by atoms with Crippen LogP contribution < -0.4 is 10.9 Å². The molecule has 0 unspecified atom stereocenters. The molecule has 126 valence electrons. The number of aromatic nitrogens is 2. The molecular formula is C20H19N3O2. The Morgan fingerprint density at radius 2 is 1.64 bits per heavy atom. The van der Waals surface area contributed by atoms with Gasteiger partial charge >= 0.3 is 0 Å². The van der Waals surface area contributed by atoms with Gasteiger partial charge in [0.05, 0.1) is 6.04 Å². The number of hydrogen-bond donors (Lipinski definition) is 2. The molecule has 0 aliphatic rings. The van der Waals surface area contributed by atoms with Crippen LogP contribution in [0.2, 0.25) is 0 Å². The number of amides is 1. The van der Waals surface area contributed by atoms with Gasteiger partial charge in [-0.25, -0.2) is 0 Å². The molecule has 1 amide bonds. The molecule has 0 radical (unpaired) electrons. The van der Waals surface area contributed by atoms with Crippen LogP contribution in [-0.4, -0.2) is 15.9 Å². The summed E-state index contributed by atoms with van der Waals surface area (Å²) in [6, 6.07) is 14.4. The summed E-state index contributed by atoms with van der Waals surface area (Å²) in [5.74, 6) is -0.295. The first-order valence-corrected chi connectivity index (χ1v) is 8.01. The van der Waals surface area contributed by atoms with Gasteiger partial charge in [0.1, 0.15) is 0 Å². The van der Waals surface area contributed by atoms with E-state index in [0.29, 0.717) is 11.3 Å². The first-order chi connectivity index (χ1) is 12.0. The maximum Gasteiger partial charge on any atom is 0.252 e. The molecule has 0 bridgehead atoms. The first-order valence-electron chi connectivity index (χ1n) is 8.01. The van der Waals surface area contributed by atoms with E-state index >= 15 is 0 Å². The summed E-state index contributed by atoms with van der Waals surface area (Å²) in [7, 11) is 0. The van der Waals surface area contributed by atoms with E-state index in [1.165, 1.54) is 6.07 Å². The SMILES string of the molecule is Cc1ccc([C@@H](NC(=O)c2cc(C)[nH]c(=O)c2)c2ccncc2)cc1. The van der Waals surface area contributed by atoms with Gasteiger partial charge in [0, 0.05) is 29.7 Å². The van der Waals surface area contributed by atoms with E-state index in [4.69, 9.17) is 0 Å². The van der Waals surface area contributed by atoms with E-state index in [1.54, 1.807) is 25.4 Å². The van der Waals surface area contributed by atoms with Crippen LogP contribution in [0.25, 0.3) is 0 Å². The summed E-state index contributed by atoms with van der Waals surface area (Å²) >= 11 is 0. The molecule has 25 heavy (non-hydrogen) atoms. The van der Waals surface area contributed by atoms with Crippen LogP contribution in [0.3, 0.4) is 0 Å². The zero-order valence-electron chi connectivity index (χ0n) is 14.1. The van der Waals surface area contributed by atoms with Crippen LogP contribution in [0.4, 0.5) is 0 Å². The van der Waals surface area contributed by atoms with Crippen molar-refractivity contribution in [3.63, 3.8) is 0 Å². The molecule has 0 spiro atoms. The molecule has 1 aromatic carbocycles. The number of hydrogen-bond acceptors (Lipinski definition) is 3. The number of carbonyl (C=O) groups excluding carboxylic acids is 1. The van der Waals surface area contributed by atoms with E-state index in [-0.39, 0.29) is 17.5 Å². The van der Waals surface area contributed by atoms with Crippen LogP contribution in [0, 0.1) is 13.8 Å². The lowest BCUT2D eigenvalue weighted by atomic mass is 9.98. The van der Waals surface area contributed by atoms with Gasteiger partial charge < -0.3 is 10.3 Å². The molecular weight excluding hydrogens is 314 g/mol. The molecule has 2 aromatic heterocycles. The Kier molecular flexibility index (Phi) is 4.75. The number of aromatic amines is 1. The second kappa shape index (κ2) is 7.13. The topological polar surface area (TPSA) is 74.8 Å². The van der Waals surface area contributed by atoms with Crippen LogP contribution in [0.5, 0.6) is 0 Å². The molecule has 0 aliphatic heterocycles. The minimum absolute atomic E-state index is 0.291. The Bertz CT molecular complexity index is 931. The van der Waals surface area contributed by atoms with Crippen molar-refractivity contribution in [3.8, 4) is 0 Å². The monoisotopic (exact) mass is 333 g/mol. The van der Waals surface area contributed by atoms with Crippen molar-refractivity contribution in [2.24, 2.45) is 0 Å². The number of aryl methyl sites for hydroxylation is 2. The fraction of sp³-hybridized carbons (Fsp3) is 0.150. The van der Waals surface area contributed by atoms with Crippen LogP contribution in [0.15, 0.2) is 65.7 Å². The minimum Gasteiger partial charge on any atom is -0.341 e. The van der Waals surface area contributed by atoms with Crippen molar-refractivity contribution in [2.75, 3.05) is 0 Å². The highest BCUT2D eigenvalue weighted by molar-refractivity contribution is 5.94. The van der Waals surface area contributed by atoms with Crippen molar-refractivity contribution < 1.29 is 4.79 Å². The number of H-pyrrole nitrogens is 1. The second-order valence-corrected chi connectivity index (χ2v) is 6.01. The molecule has 5 nitrogen and oxygen atoms in total.